The molecule has 0 unspecified atom stereocenters. The van der Waals surface area contributed by atoms with Crippen LogP contribution in [-0.2, 0) is 6.54 Å². The van der Waals surface area contributed by atoms with Crippen LogP contribution in [0.4, 0.5) is 4.39 Å². The molecule has 0 spiro atoms. The number of nitrogens with one attached hydrogen (secondary N) is 1. The lowest BCUT2D eigenvalue weighted by atomic mass is 10.1. The third kappa shape index (κ3) is 7.49. The number of halogens is 1. The van der Waals surface area contributed by atoms with Gasteiger partial charge in [0.2, 0.25) is 0 Å². The smallest absolute Gasteiger partial charge is 0.127 e. The molecule has 0 aliphatic heterocycles. The molecule has 20 heavy (non-hydrogen) atoms. The van der Waals surface area contributed by atoms with E-state index in [1.165, 1.54) is 25.3 Å². The van der Waals surface area contributed by atoms with E-state index in [0.29, 0.717) is 18.9 Å². The Balaban J connectivity index is 2.49. The number of rotatable bonds is 8. The second kappa shape index (κ2) is 8.25. The summed E-state index contributed by atoms with van der Waals surface area (Å²) >= 11 is 0. The fourth-order valence-corrected chi connectivity index (χ4v) is 1.89. The van der Waals surface area contributed by atoms with Crippen molar-refractivity contribution in [3.05, 3.63) is 29.6 Å². The van der Waals surface area contributed by atoms with Gasteiger partial charge in [0.25, 0.3) is 0 Å². The van der Waals surface area contributed by atoms with Crippen LogP contribution in [0.5, 0.6) is 5.75 Å². The maximum atomic E-state index is 13.6. The normalized spacial score (nSPS) is 11.7. The van der Waals surface area contributed by atoms with Gasteiger partial charge in [0, 0.05) is 18.2 Å². The lowest BCUT2D eigenvalue weighted by Gasteiger charge is -2.20. The molecule has 3 heteroatoms. The lowest BCUT2D eigenvalue weighted by Crippen LogP contribution is -2.35. The minimum atomic E-state index is -0.234. The van der Waals surface area contributed by atoms with Crippen molar-refractivity contribution in [2.75, 3.05) is 6.61 Å². The van der Waals surface area contributed by atoms with Crippen molar-refractivity contribution in [3.8, 4) is 5.75 Å². The van der Waals surface area contributed by atoms with E-state index in [2.05, 4.69) is 33.0 Å². The second-order valence-electron chi connectivity index (χ2n) is 6.31. The molecule has 1 rings (SSSR count). The summed E-state index contributed by atoms with van der Waals surface area (Å²) in [4.78, 5) is 0. The van der Waals surface area contributed by atoms with E-state index in [1.54, 1.807) is 6.07 Å². The highest BCUT2D eigenvalue weighted by Gasteiger charge is 2.09. The van der Waals surface area contributed by atoms with Crippen molar-refractivity contribution in [3.63, 3.8) is 0 Å². The van der Waals surface area contributed by atoms with Gasteiger partial charge in [0.05, 0.1) is 6.61 Å². The molecular formula is C17H28FNO. The molecule has 0 heterocycles. The maximum Gasteiger partial charge on any atom is 0.127 e. The molecule has 0 aliphatic carbocycles. The highest BCUT2D eigenvalue weighted by molar-refractivity contribution is 5.29. The molecular weight excluding hydrogens is 253 g/mol. The summed E-state index contributed by atoms with van der Waals surface area (Å²) in [7, 11) is 0. The first-order valence-electron chi connectivity index (χ1n) is 7.58. The van der Waals surface area contributed by atoms with Crippen LogP contribution in [0.3, 0.4) is 0 Å². The molecule has 0 aliphatic rings. The van der Waals surface area contributed by atoms with Gasteiger partial charge in [-0.2, -0.15) is 0 Å². The summed E-state index contributed by atoms with van der Waals surface area (Å²) < 4.78 is 19.2. The van der Waals surface area contributed by atoms with Crippen LogP contribution < -0.4 is 10.1 Å². The predicted octanol–water partition coefficient (Wildman–Crippen LogP) is 4.67. The van der Waals surface area contributed by atoms with E-state index in [-0.39, 0.29) is 11.4 Å². The molecule has 1 aromatic rings. The van der Waals surface area contributed by atoms with Crippen LogP contribution in [-0.4, -0.2) is 12.1 Å². The summed E-state index contributed by atoms with van der Waals surface area (Å²) in [5.41, 5.74) is 0.941. The Morgan fingerprint density at radius 3 is 2.50 bits per heavy atom. The fourth-order valence-electron chi connectivity index (χ4n) is 1.89. The van der Waals surface area contributed by atoms with Gasteiger partial charge in [-0.15, -0.1) is 0 Å². The van der Waals surface area contributed by atoms with Crippen molar-refractivity contribution in [2.24, 2.45) is 0 Å². The minimum absolute atomic E-state index is 0.0213. The van der Waals surface area contributed by atoms with E-state index in [0.717, 1.165) is 12.0 Å². The first-order valence-corrected chi connectivity index (χ1v) is 7.58. The van der Waals surface area contributed by atoms with Gasteiger partial charge in [-0.1, -0.05) is 26.2 Å². The number of ether oxygens (including phenoxy) is 1. The van der Waals surface area contributed by atoms with Gasteiger partial charge in [-0.05, 0) is 44.9 Å². The SMILES string of the molecule is CCCCCCOc1cc(F)cc(CNC(C)(C)C)c1. The summed E-state index contributed by atoms with van der Waals surface area (Å²) in [5, 5.41) is 3.35. The van der Waals surface area contributed by atoms with Crippen molar-refractivity contribution in [2.45, 2.75) is 65.5 Å². The highest BCUT2D eigenvalue weighted by atomic mass is 19.1. The highest BCUT2D eigenvalue weighted by Crippen LogP contribution is 2.17. The van der Waals surface area contributed by atoms with E-state index in [4.69, 9.17) is 4.74 Å². The topological polar surface area (TPSA) is 21.3 Å². The molecule has 1 aromatic carbocycles. The van der Waals surface area contributed by atoms with Crippen molar-refractivity contribution in [1.29, 1.82) is 0 Å². The van der Waals surface area contributed by atoms with E-state index < -0.39 is 0 Å². The standard InChI is InChI=1S/C17H28FNO/c1-5-6-7-8-9-20-16-11-14(10-15(18)12-16)13-19-17(2,3)4/h10-12,19H,5-9,13H2,1-4H3. The number of unbranched alkanes of at least 4 members (excludes halogenated alkanes) is 3. The van der Waals surface area contributed by atoms with E-state index in [1.807, 2.05) is 6.07 Å². The zero-order valence-corrected chi connectivity index (χ0v) is 13.3. The first kappa shape index (κ1) is 17.0. The Morgan fingerprint density at radius 1 is 1.10 bits per heavy atom. The molecule has 0 saturated carbocycles. The van der Waals surface area contributed by atoms with Gasteiger partial charge in [-0.3, -0.25) is 0 Å². The van der Waals surface area contributed by atoms with E-state index in [9.17, 15) is 4.39 Å². The molecule has 114 valence electrons. The molecule has 0 amide bonds. The number of hydrogen-bond acceptors (Lipinski definition) is 2. The van der Waals surface area contributed by atoms with Gasteiger partial charge < -0.3 is 10.1 Å². The average molecular weight is 281 g/mol. The third-order valence-corrected chi connectivity index (χ3v) is 3.02. The molecule has 0 bridgehead atoms. The third-order valence-electron chi connectivity index (χ3n) is 3.02. The molecule has 0 radical (unpaired) electrons. The Labute approximate surface area is 122 Å². The van der Waals surface area contributed by atoms with Crippen LogP contribution in [0, 0.1) is 5.82 Å². The zero-order valence-electron chi connectivity index (χ0n) is 13.3. The van der Waals surface area contributed by atoms with Crippen molar-refractivity contribution in [1.82, 2.24) is 5.32 Å². The van der Waals surface area contributed by atoms with Crippen LogP contribution in [0.2, 0.25) is 0 Å². The van der Waals surface area contributed by atoms with Crippen LogP contribution in [0.25, 0.3) is 0 Å². The van der Waals surface area contributed by atoms with Gasteiger partial charge in [-0.25, -0.2) is 4.39 Å². The summed E-state index contributed by atoms with van der Waals surface area (Å²) in [6.45, 7) is 9.78. The summed E-state index contributed by atoms with van der Waals surface area (Å²) in [6, 6.07) is 4.94. The maximum absolute atomic E-state index is 13.6. The van der Waals surface area contributed by atoms with Gasteiger partial charge in [0.15, 0.2) is 0 Å². The quantitative estimate of drug-likeness (QED) is 0.699. The first-order chi connectivity index (χ1) is 9.40. The molecule has 0 saturated heterocycles. The predicted molar refractivity (Wildman–Crippen MR) is 82.6 cm³/mol. The van der Waals surface area contributed by atoms with E-state index >= 15 is 0 Å². The Kier molecular flexibility index (Phi) is 7.00. The van der Waals surface area contributed by atoms with Gasteiger partial charge >= 0.3 is 0 Å². The molecule has 0 fully saturated rings. The summed E-state index contributed by atoms with van der Waals surface area (Å²) in [6.07, 6.45) is 4.64. The van der Waals surface area contributed by atoms with Crippen LogP contribution in [0.1, 0.15) is 58.9 Å². The zero-order chi connectivity index (χ0) is 15.0. The monoisotopic (exact) mass is 281 g/mol. The molecule has 1 N–H and O–H groups in total. The Bertz CT molecular complexity index is 398. The van der Waals surface area contributed by atoms with Crippen LogP contribution >= 0.6 is 0 Å². The minimum Gasteiger partial charge on any atom is -0.493 e. The van der Waals surface area contributed by atoms with Crippen molar-refractivity contribution < 1.29 is 9.13 Å². The lowest BCUT2D eigenvalue weighted by molar-refractivity contribution is 0.303. The number of benzene rings is 1. The largest absolute Gasteiger partial charge is 0.493 e. The average Bonchev–Trinajstić information content (AvgIpc) is 2.35. The Hall–Kier alpha value is -1.09. The number of hydrogen-bond donors (Lipinski definition) is 1. The second-order valence-corrected chi connectivity index (χ2v) is 6.31. The Morgan fingerprint density at radius 2 is 1.85 bits per heavy atom. The van der Waals surface area contributed by atoms with Crippen LogP contribution in [0.15, 0.2) is 18.2 Å². The van der Waals surface area contributed by atoms with Gasteiger partial charge in [0.1, 0.15) is 11.6 Å². The molecule has 0 aromatic heterocycles. The molecule has 0 atom stereocenters. The fraction of sp³-hybridized carbons (Fsp3) is 0.647. The molecule has 2 nitrogen and oxygen atoms in total. The summed E-state index contributed by atoms with van der Waals surface area (Å²) in [5.74, 6) is 0.397. The van der Waals surface area contributed by atoms with Crippen molar-refractivity contribution >= 4 is 0 Å².